The number of aryl methyl sites for hydroxylation is 1. The first-order chi connectivity index (χ1) is 8.88. The third kappa shape index (κ3) is 2.99. The fraction of sp³-hybridized carbons (Fsp3) is 0.357. The predicted molar refractivity (Wildman–Crippen MR) is 74.1 cm³/mol. The van der Waals surface area contributed by atoms with Crippen LogP contribution < -0.4 is 5.32 Å². The van der Waals surface area contributed by atoms with Crippen LogP contribution in [0.25, 0.3) is 0 Å². The molecule has 0 saturated carbocycles. The first-order valence-electron chi connectivity index (χ1n) is 6.14. The summed E-state index contributed by atoms with van der Waals surface area (Å²) in [7, 11) is 1.82. The van der Waals surface area contributed by atoms with E-state index in [-0.39, 0.29) is 11.3 Å². The van der Waals surface area contributed by atoms with Crippen LogP contribution in [0.4, 0.5) is 5.82 Å². The Bertz CT molecular complexity index is 581. The third-order valence-corrected chi connectivity index (χ3v) is 2.83. The zero-order valence-electron chi connectivity index (χ0n) is 11.6. The highest BCUT2D eigenvalue weighted by Gasteiger charge is 2.19. The molecule has 2 aromatic rings. The smallest absolute Gasteiger partial charge is 0.256 e. The van der Waals surface area contributed by atoms with Crippen LogP contribution in [0, 0.1) is 0 Å². The Morgan fingerprint density at radius 1 is 1.26 bits per heavy atom. The molecule has 0 spiro atoms. The van der Waals surface area contributed by atoms with Gasteiger partial charge in [-0.2, -0.15) is 5.10 Å². The van der Waals surface area contributed by atoms with E-state index in [4.69, 9.17) is 0 Å². The van der Waals surface area contributed by atoms with E-state index >= 15 is 0 Å². The Labute approximate surface area is 112 Å². The SMILES string of the molecule is Cn1nc(C(C)(C)C)cc1NC(=O)c1ccncc1. The Morgan fingerprint density at radius 3 is 2.42 bits per heavy atom. The van der Waals surface area contributed by atoms with Crippen LogP contribution in [0.5, 0.6) is 0 Å². The van der Waals surface area contributed by atoms with Crippen molar-refractivity contribution in [2.75, 3.05) is 5.32 Å². The zero-order valence-corrected chi connectivity index (χ0v) is 11.6. The van der Waals surface area contributed by atoms with Crippen molar-refractivity contribution in [3.05, 3.63) is 41.9 Å². The monoisotopic (exact) mass is 258 g/mol. The first-order valence-corrected chi connectivity index (χ1v) is 6.14. The van der Waals surface area contributed by atoms with Gasteiger partial charge in [0, 0.05) is 36.5 Å². The molecular weight excluding hydrogens is 240 g/mol. The van der Waals surface area contributed by atoms with E-state index in [0.29, 0.717) is 11.4 Å². The van der Waals surface area contributed by atoms with Gasteiger partial charge in [0.2, 0.25) is 0 Å². The summed E-state index contributed by atoms with van der Waals surface area (Å²) in [5.41, 5.74) is 1.48. The summed E-state index contributed by atoms with van der Waals surface area (Å²) in [5.74, 6) is 0.526. The van der Waals surface area contributed by atoms with Crippen molar-refractivity contribution in [1.82, 2.24) is 14.8 Å². The van der Waals surface area contributed by atoms with E-state index < -0.39 is 0 Å². The molecule has 0 aliphatic carbocycles. The van der Waals surface area contributed by atoms with Crippen LogP contribution in [0.2, 0.25) is 0 Å². The first kappa shape index (κ1) is 13.3. The second kappa shape index (κ2) is 4.84. The topological polar surface area (TPSA) is 59.8 Å². The van der Waals surface area contributed by atoms with Gasteiger partial charge in [-0.3, -0.25) is 14.5 Å². The number of amides is 1. The molecule has 2 rings (SSSR count). The zero-order chi connectivity index (χ0) is 14.0. The number of nitrogens with one attached hydrogen (secondary N) is 1. The van der Waals surface area contributed by atoms with E-state index in [0.717, 1.165) is 5.69 Å². The molecule has 2 aromatic heterocycles. The van der Waals surface area contributed by atoms with Gasteiger partial charge in [0.25, 0.3) is 5.91 Å². The maximum Gasteiger partial charge on any atom is 0.256 e. The average molecular weight is 258 g/mol. The molecule has 0 fully saturated rings. The number of aromatic nitrogens is 3. The van der Waals surface area contributed by atoms with Crippen LogP contribution in [0.15, 0.2) is 30.6 Å². The number of hydrogen-bond acceptors (Lipinski definition) is 3. The minimum Gasteiger partial charge on any atom is -0.307 e. The lowest BCUT2D eigenvalue weighted by atomic mass is 9.92. The average Bonchev–Trinajstić information content (AvgIpc) is 2.72. The maximum absolute atomic E-state index is 12.0. The molecule has 0 aliphatic rings. The Kier molecular flexibility index (Phi) is 3.38. The largest absolute Gasteiger partial charge is 0.307 e. The molecule has 0 bridgehead atoms. The number of pyridine rings is 1. The Hall–Kier alpha value is -2.17. The maximum atomic E-state index is 12.0. The van der Waals surface area contributed by atoms with Crippen LogP contribution in [-0.4, -0.2) is 20.7 Å². The highest BCUT2D eigenvalue weighted by molar-refractivity contribution is 6.03. The summed E-state index contributed by atoms with van der Waals surface area (Å²) in [6.45, 7) is 6.26. The quantitative estimate of drug-likeness (QED) is 0.899. The fourth-order valence-electron chi connectivity index (χ4n) is 1.64. The van der Waals surface area contributed by atoms with E-state index in [1.165, 1.54) is 0 Å². The summed E-state index contributed by atoms with van der Waals surface area (Å²) in [6, 6.07) is 5.26. The summed E-state index contributed by atoms with van der Waals surface area (Å²) in [6.07, 6.45) is 3.19. The van der Waals surface area contributed by atoms with Crippen molar-refractivity contribution in [1.29, 1.82) is 0 Å². The van der Waals surface area contributed by atoms with Gasteiger partial charge in [0.15, 0.2) is 0 Å². The number of carbonyl (C=O) groups is 1. The van der Waals surface area contributed by atoms with Crippen molar-refractivity contribution >= 4 is 11.7 Å². The van der Waals surface area contributed by atoms with Gasteiger partial charge >= 0.3 is 0 Å². The second-order valence-corrected chi connectivity index (χ2v) is 5.48. The molecule has 0 aromatic carbocycles. The lowest BCUT2D eigenvalue weighted by molar-refractivity contribution is 0.102. The van der Waals surface area contributed by atoms with Gasteiger partial charge in [-0.25, -0.2) is 0 Å². The van der Waals surface area contributed by atoms with Crippen molar-refractivity contribution in [2.24, 2.45) is 7.05 Å². The molecule has 0 saturated heterocycles. The number of anilines is 1. The predicted octanol–water partition coefficient (Wildman–Crippen LogP) is 2.36. The molecule has 0 atom stereocenters. The fourth-order valence-corrected chi connectivity index (χ4v) is 1.64. The highest BCUT2D eigenvalue weighted by atomic mass is 16.1. The molecule has 1 N–H and O–H groups in total. The van der Waals surface area contributed by atoms with E-state index in [9.17, 15) is 4.79 Å². The van der Waals surface area contributed by atoms with Crippen LogP contribution in [0.1, 0.15) is 36.8 Å². The molecule has 19 heavy (non-hydrogen) atoms. The molecule has 5 nitrogen and oxygen atoms in total. The Balaban J connectivity index is 2.21. The number of hydrogen-bond donors (Lipinski definition) is 1. The molecule has 2 heterocycles. The standard InChI is InChI=1S/C14H18N4O/c1-14(2,3)11-9-12(18(4)17-11)16-13(19)10-5-7-15-8-6-10/h5-9H,1-4H3,(H,16,19). The van der Waals surface area contributed by atoms with E-state index in [1.54, 1.807) is 29.2 Å². The number of carbonyl (C=O) groups excluding carboxylic acids is 1. The second-order valence-electron chi connectivity index (χ2n) is 5.48. The van der Waals surface area contributed by atoms with Gasteiger partial charge < -0.3 is 5.32 Å². The van der Waals surface area contributed by atoms with Crippen LogP contribution in [-0.2, 0) is 12.5 Å². The van der Waals surface area contributed by atoms with E-state index in [2.05, 4.69) is 36.2 Å². The van der Waals surface area contributed by atoms with Crippen molar-refractivity contribution < 1.29 is 4.79 Å². The minimum atomic E-state index is -0.161. The van der Waals surface area contributed by atoms with Crippen molar-refractivity contribution in [2.45, 2.75) is 26.2 Å². The molecule has 1 amide bonds. The summed E-state index contributed by atoms with van der Waals surface area (Å²) >= 11 is 0. The van der Waals surface area contributed by atoms with Gasteiger partial charge in [-0.1, -0.05) is 20.8 Å². The third-order valence-electron chi connectivity index (χ3n) is 2.83. The summed E-state index contributed by atoms with van der Waals surface area (Å²) in [4.78, 5) is 15.9. The van der Waals surface area contributed by atoms with Crippen LogP contribution in [0.3, 0.4) is 0 Å². The molecule has 0 radical (unpaired) electrons. The van der Waals surface area contributed by atoms with Crippen LogP contribution >= 0.6 is 0 Å². The minimum absolute atomic E-state index is 0.0442. The molecular formula is C14H18N4O. The lowest BCUT2D eigenvalue weighted by Crippen LogP contribution is -2.14. The normalized spacial score (nSPS) is 11.4. The highest BCUT2D eigenvalue weighted by Crippen LogP contribution is 2.23. The lowest BCUT2D eigenvalue weighted by Gasteiger charge is -2.13. The van der Waals surface area contributed by atoms with Gasteiger partial charge in [-0.15, -0.1) is 0 Å². The molecule has 5 heteroatoms. The number of rotatable bonds is 2. The van der Waals surface area contributed by atoms with Gasteiger partial charge in [-0.05, 0) is 12.1 Å². The van der Waals surface area contributed by atoms with Gasteiger partial charge in [0.05, 0.1) is 5.69 Å². The molecule has 0 unspecified atom stereocenters. The van der Waals surface area contributed by atoms with Crippen molar-refractivity contribution in [3.63, 3.8) is 0 Å². The molecule has 0 aliphatic heterocycles. The summed E-state index contributed by atoms with van der Waals surface area (Å²) < 4.78 is 1.68. The van der Waals surface area contributed by atoms with Gasteiger partial charge in [0.1, 0.15) is 5.82 Å². The van der Waals surface area contributed by atoms with E-state index in [1.807, 2.05) is 13.1 Å². The Morgan fingerprint density at radius 2 is 1.89 bits per heavy atom. The number of nitrogens with zero attached hydrogens (tertiary/aromatic N) is 3. The summed E-state index contributed by atoms with van der Waals surface area (Å²) in [5, 5.41) is 7.27. The van der Waals surface area contributed by atoms with Crippen molar-refractivity contribution in [3.8, 4) is 0 Å². The molecule has 100 valence electrons.